The van der Waals surface area contributed by atoms with Gasteiger partial charge in [0.05, 0.1) is 0 Å². The Hall–Kier alpha value is -1.57. The van der Waals surface area contributed by atoms with E-state index in [-0.39, 0.29) is 5.78 Å². The van der Waals surface area contributed by atoms with E-state index < -0.39 is 0 Å². The first-order valence-corrected chi connectivity index (χ1v) is 7.82. The molecule has 0 fully saturated rings. The van der Waals surface area contributed by atoms with Crippen molar-refractivity contribution in [3.8, 4) is 0 Å². The number of hydrogen-bond donors (Lipinski definition) is 1. The first kappa shape index (κ1) is 14.8. The van der Waals surface area contributed by atoms with Crippen molar-refractivity contribution in [2.45, 2.75) is 51.4 Å². The third-order valence-electron chi connectivity index (χ3n) is 3.90. The number of nitrogens with one attached hydrogen (secondary N) is 1. The lowest BCUT2D eigenvalue weighted by atomic mass is 9.85. The van der Waals surface area contributed by atoms with Crippen LogP contribution in [0.15, 0.2) is 42.1 Å². The number of allylic oxidation sites excluding steroid dienone is 2. The van der Waals surface area contributed by atoms with Crippen LogP contribution in [0.3, 0.4) is 0 Å². The molecule has 0 bridgehead atoms. The van der Waals surface area contributed by atoms with Gasteiger partial charge in [-0.1, -0.05) is 56.5 Å². The normalized spacial score (nSPS) is 18.8. The fourth-order valence-corrected chi connectivity index (χ4v) is 2.78. The second-order valence-electron chi connectivity index (χ2n) is 5.64. The van der Waals surface area contributed by atoms with Gasteiger partial charge in [-0.3, -0.25) is 4.79 Å². The number of carbonyl (C=O) groups is 1. The topological polar surface area (TPSA) is 29.1 Å². The van der Waals surface area contributed by atoms with Crippen molar-refractivity contribution in [1.82, 2.24) is 5.32 Å². The standard InChI is InChI=1S/C18H25NO/c1-2-3-4-8-11-19-17-12-16(13-18(20)14-17)15-9-6-5-7-10-15/h5-7,9-10,14,16,19H,2-4,8,11-13H2,1H3/t16-/m0/s1. The lowest BCUT2D eigenvalue weighted by molar-refractivity contribution is -0.115. The van der Waals surface area contributed by atoms with Gasteiger partial charge in [0.25, 0.3) is 0 Å². The van der Waals surface area contributed by atoms with E-state index in [4.69, 9.17) is 0 Å². The van der Waals surface area contributed by atoms with Crippen molar-refractivity contribution >= 4 is 5.78 Å². The van der Waals surface area contributed by atoms with Crippen LogP contribution < -0.4 is 5.32 Å². The maximum Gasteiger partial charge on any atom is 0.158 e. The largest absolute Gasteiger partial charge is 0.388 e. The third kappa shape index (κ3) is 4.52. The summed E-state index contributed by atoms with van der Waals surface area (Å²) in [6.45, 7) is 3.21. The van der Waals surface area contributed by atoms with Crippen LogP contribution in [0.5, 0.6) is 0 Å². The average Bonchev–Trinajstić information content (AvgIpc) is 2.47. The molecular weight excluding hydrogens is 246 g/mol. The van der Waals surface area contributed by atoms with Crippen molar-refractivity contribution in [3.63, 3.8) is 0 Å². The minimum absolute atomic E-state index is 0.251. The van der Waals surface area contributed by atoms with Gasteiger partial charge in [0, 0.05) is 24.7 Å². The van der Waals surface area contributed by atoms with Gasteiger partial charge in [0.1, 0.15) is 0 Å². The van der Waals surface area contributed by atoms with Crippen LogP contribution in [0.4, 0.5) is 0 Å². The Bertz CT molecular complexity index is 450. The van der Waals surface area contributed by atoms with Crippen LogP contribution >= 0.6 is 0 Å². The van der Waals surface area contributed by atoms with Crippen LogP contribution in [0.25, 0.3) is 0 Å². The molecule has 0 saturated heterocycles. The minimum atomic E-state index is 0.251. The Morgan fingerprint density at radius 2 is 1.90 bits per heavy atom. The van der Waals surface area contributed by atoms with Crippen molar-refractivity contribution in [1.29, 1.82) is 0 Å². The molecule has 1 N–H and O–H groups in total. The third-order valence-corrected chi connectivity index (χ3v) is 3.90. The van der Waals surface area contributed by atoms with Crippen LogP contribution in [-0.2, 0) is 4.79 Å². The first-order chi connectivity index (χ1) is 9.79. The van der Waals surface area contributed by atoms with Crippen molar-refractivity contribution in [3.05, 3.63) is 47.7 Å². The highest BCUT2D eigenvalue weighted by Crippen LogP contribution is 2.30. The highest BCUT2D eigenvalue weighted by Gasteiger charge is 2.21. The summed E-state index contributed by atoms with van der Waals surface area (Å²) < 4.78 is 0. The molecule has 0 amide bonds. The summed E-state index contributed by atoms with van der Waals surface area (Å²) in [7, 11) is 0. The zero-order valence-electron chi connectivity index (χ0n) is 12.4. The van der Waals surface area contributed by atoms with Gasteiger partial charge in [-0.25, -0.2) is 0 Å². The fourth-order valence-electron chi connectivity index (χ4n) is 2.78. The van der Waals surface area contributed by atoms with Gasteiger partial charge in [0.2, 0.25) is 0 Å². The summed E-state index contributed by atoms with van der Waals surface area (Å²) in [5.74, 6) is 0.591. The SMILES string of the molecule is CCCCCCNC1=CC(=O)C[C@@H](c2ccccc2)C1. The molecule has 20 heavy (non-hydrogen) atoms. The highest BCUT2D eigenvalue weighted by molar-refractivity contribution is 5.91. The van der Waals surface area contributed by atoms with E-state index in [0.29, 0.717) is 12.3 Å². The molecule has 2 rings (SSSR count). The molecule has 0 aliphatic heterocycles. The summed E-state index contributed by atoms with van der Waals surface area (Å²) in [6, 6.07) is 10.4. The van der Waals surface area contributed by atoms with Crippen molar-refractivity contribution in [2.75, 3.05) is 6.54 Å². The van der Waals surface area contributed by atoms with Crippen LogP contribution in [0.1, 0.15) is 56.9 Å². The maximum absolute atomic E-state index is 11.9. The molecule has 1 atom stereocenters. The molecule has 1 aliphatic rings. The number of benzene rings is 1. The lowest BCUT2D eigenvalue weighted by Crippen LogP contribution is -2.22. The van der Waals surface area contributed by atoms with Crippen LogP contribution in [-0.4, -0.2) is 12.3 Å². The fraction of sp³-hybridized carbons (Fsp3) is 0.500. The van der Waals surface area contributed by atoms with Crippen molar-refractivity contribution < 1.29 is 4.79 Å². The number of carbonyl (C=O) groups excluding carboxylic acids is 1. The Labute approximate surface area is 122 Å². The second kappa shape index (κ2) is 7.88. The Kier molecular flexibility index (Phi) is 5.85. The summed E-state index contributed by atoms with van der Waals surface area (Å²) in [4.78, 5) is 11.9. The number of ketones is 1. The molecule has 0 saturated carbocycles. The summed E-state index contributed by atoms with van der Waals surface area (Å²) in [5, 5.41) is 3.45. The molecule has 2 nitrogen and oxygen atoms in total. The minimum Gasteiger partial charge on any atom is -0.388 e. The molecule has 0 heterocycles. The van der Waals surface area contributed by atoms with E-state index in [1.54, 1.807) is 6.08 Å². The van der Waals surface area contributed by atoms with Gasteiger partial charge >= 0.3 is 0 Å². The Balaban J connectivity index is 1.86. The van der Waals surface area contributed by atoms with Gasteiger partial charge in [0.15, 0.2) is 5.78 Å². The van der Waals surface area contributed by atoms with Gasteiger partial charge < -0.3 is 5.32 Å². The zero-order chi connectivity index (χ0) is 14.2. The summed E-state index contributed by atoms with van der Waals surface area (Å²) >= 11 is 0. The first-order valence-electron chi connectivity index (χ1n) is 7.82. The van der Waals surface area contributed by atoms with Crippen molar-refractivity contribution in [2.24, 2.45) is 0 Å². The molecule has 1 aliphatic carbocycles. The maximum atomic E-state index is 11.9. The zero-order valence-corrected chi connectivity index (χ0v) is 12.4. The molecule has 2 heteroatoms. The predicted octanol–water partition coefficient (Wildman–Crippen LogP) is 4.19. The summed E-state index contributed by atoms with van der Waals surface area (Å²) in [6.07, 6.45) is 8.43. The molecule has 108 valence electrons. The van der Waals surface area contributed by atoms with Gasteiger partial charge in [-0.05, 0) is 24.3 Å². The molecule has 0 unspecified atom stereocenters. The highest BCUT2D eigenvalue weighted by atomic mass is 16.1. The molecular formula is C18H25NO. The van der Waals surface area contributed by atoms with Crippen LogP contribution in [0, 0.1) is 0 Å². The Morgan fingerprint density at radius 1 is 1.10 bits per heavy atom. The van der Waals surface area contributed by atoms with Crippen LogP contribution in [0.2, 0.25) is 0 Å². The number of hydrogen-bond acceptors (Lipinski definition) is 2. The lowest BCUT2D eigenvalue weighted by Gasteiger charge is -2.23. The van der Waals surface area contributed by atoms with E-state index in [1.807, 2.05) is 6.07 Å². The van der Waals surface area contributed by atoms with E-state index in [1.165, 1.54) is 31.2 Å². The number of unbranched alkanes of at least 4 members (excludes halogenated alkanes) is 3. The molecule has 0 spiro atoms. The molecule has 1 aromatic rings. The smallest absolute Gasteiger partial charge is 0.158 e. The Morgan fingerprint density at radius 3 is 2.65 bits per heavy atom. The van der Waals surface area contributed by atoms with E-state index in [9.17, 15) is 4.79 Å². The monoisotopic (exact) mass is 271 g/mol. The van der Waals surface area contributed by atoms with E-state index in [2.05, 4.69) is 36.5 Å². The molecule has 0 radical (unpaired) electrons. The average molecular weight is 271 g/mol. The number of rotatable bonds is 7. The molecule has 0 aromatic heterocycles. The van der Waals surface area contributed by atoms with Gasteiger partial charge in [-0.15, -0.1) is 0 Å². The quantitative estimate of drug-likeness (QED) is 0.753. The van der Waals surface area contributed by atoms with E-state index in [0.717, 1.165) is 18.7 Å². The predicted molar refractivity (Wildman–Crippen MR) is 83.7 cm³/mol. The van der Waals surface area contributed by atoms with Gasteiger partial charge in [-0.2, -0.15) is 0 Å². The van der Waals surface area contributed by atoms with E-state index >= 15 is 0 Å². The second-order valence-corrected chi connectivity index (χ2v) is 5.64. The molecule has 1 aromatic carbocycles. The summed E-state index contributed by atoms with van der Waals surface area (Å²) in [5.41, 5.74) is 2.39.